The normalized spacial score (nSPS) is 15.8. The van der Waals surface area contributed by atoms with Crippen LogP contribution in [0.1, 0.15) is 40.9 Å². The number of halogens is 2. The van der Waals surface area contributed by atoms with E-state index in [0.29, 0.717) is 35.8 Å². The van der Waals surface area contributed by atoms with E-state index < -0.39 is 17.7 Å². The van der Waals surface area contributed by atoms with Crippen LogP contribution in [0.15, 0.2) is 57.8 Å². The average Bonchev–Trinajstić information content (AvgIpc) is 3.17. The van der Waals surface area contributed by atoms with Gasteiger partial charge < -0.3 is 19.7 Å². The second kappa shape index (κ2) is 11.2. The Bertz CT molecular complexity index is 1380. The van der Waals surface area contributed by atoms with Gasteiger partial charge in [-0.1, -0.05) is 44.4 Å². The van der Waals surface area contributed by atoms with Crippen LogP contribution in [0.2, 0.25) is 5.02 Å². The molecule has 1 saturated heterocycles. The van der Waals surface area contributed by atoms with Crippen molar-refractivity contribution in [3.8, 4) is 5.88 Å². The average molecular weight is 604 g/mol. The summed E-state index contributed by atoms with van der Waals surface area (Å²) in [5.41, 5.74) is 1.34. The molecule has 2 aliphatic heterocycles. The molecule has 9 nitrogen and oxygen atoms in total. The largest absolute Gasteiger partial charge is 0.491 e. The smallest absolute Gasteiger partial charge is 0.434 e. The van der Waals surface area contributed by atoms with Crippen LogP contribution in [-0.2, 0) is 19.5 Å². The molecule has 0 bridgehead atoms. The molecule has 0 saturated carbocycles. The zero-order valence-corrected chi connectivity index (χ0v) is 23.0. The van der Waals surface area contributed by atoms with E-state index in [1.165, 1.54) is 10.1 Å². The lowest BCUT2D eigenvalue weighted by molar-refractivity contribution is 0.0672. The first kappa shape index (κ1) is 26.4. The topological polar surface area (TPSA) is 97.0 Å². The van der Waals surface area contributed by atoms with Crippen molar-refractivity contribution in [1.82, 2.24) is 19.1 Å². The van der Waals surface area contributed by atoms with E-state index in [9.17, 15) is 19.5 Å². The van der Waals surface area contributed by atoms with Gasteiger partial charge in [-0.2, -0.15) is 0 Å². The Hall–Kier alpha value is -3.24. The third kappa shape index (κ3) is 5.61. The highest BCUT2D eigenvalue weighted by molar-refractivity contribution is 9.10. The van der Waals surface area contributed by atoms with E-state index in [1.54, 1.807) is 34.1 Å². The van der Waals surface area contributed by atoms with Gasteiger partial charge >= 0.3 is 11.8 Å². The predicted molar refractivity (Wildman–Crippen MR) is 145 cm³/mol. The second-order valence-corrected chi connectivity index (χ2v) is 11.0. The molecule has 1 N–H and O–H groups in total. The molecule has 3 aromatic rings. The van der Waals surface area contributed by atoms with Crippen molar-refractivity contribution in [2.75, 3.05) is 19.6 Å². The Labute approximate surface area is 233 Å². The third-order valence-corrected chi connectivity index (χ3v) is 8.07. The van der Waals surface area contributed by atoms with Crippen LogP contribution in [0.5, 0.6) is 5.88 Å². The molecule has 11 heteroatoms. The maximum absolute atomic E-state index is 12.9. The molecule has 2 amide bonds. The van der Waals surface area contributed by atoms with Gasteiger partial charge in [0.1, 0.15) is 5.69 Å². The van der Waals surface area contributed by atoms with Crippen molar-refractivity contribution in [2.24, 2.45) is 5.92 Å². The van der Waals surface area contributed by atoms with Gasteiger partial charge in [0.2, 0.25) is 0 Å². The molecule has 3 heterocycles. The molecule has 38 heavy (non-hydrogen) atoms. The monoisotopic (exact) mass is 602 g/mol. The van der Waals surface area contributed by atoms with Gasteiger partial charge in [0.05, 0.1) is 6.54 Å². The molecule has 0 aliphatic carbocycles. The molecule has 0 atom stereocenters. The fourth-order valence-electron chi connectivity index (χ4n) is 5.01. The van der Waals surface area contributed by atoms with Gasteiger partial charge in [-0.3, -0.25) is 9.36 Å². The second-order valence-electron chi connectivity index (χ2n) is 9.69. The lowest BCUT2D eigenvalue weighted by Gasteiger charge is -2.31. The molecule has 1 aromatic heterocycles. The molecule has 1 fully saturated rings. The number of aryl methyl sites for hydroxylation is 1. The summed E-state index contributed by atoms with van der Waals surface area (Å²) in [7, 11) is 0. The number of hydrogen-bond acceptors (Lipinski definition) is 5. The molecule has 200 valence electrons. The number of benzene rings is 2. The Morgan fingerprint density at radius 2 is 1.66 bits per heavy atom. The number of aromatic nitrogens is 2. The minimum Gasteiger partial charge on any atom is -0.491 e. The van der Waals surface area contributed by atoms with E-state index in [1.807, 2.05) is 24.3 Å². The number of amides is 2. The summed E-state index contributed by atoms with van der Waals surface area (Å²) in [6.45, 7) is 1.54. The molecule has 0 radical (unpaired) electrons. The van der Waals surface area contributed by atoms with Gasteiger partial charge in [0.25, 0.3) is 11.8 Å². The van der Waals surface area contributed by atoms with Gasteiger partial charge in [0, 0.05) is 41.2 Å². The SMILES string of the molecule is O=C(On1c(O)c2n(c1=O)CCN(C(=O)c1ccc(Br)cc1)C2)N1CCC(CCc2ccc(Cl)cc2)CC1. The summed E-state index contributed by atoms with van der Waals surface area (Å²) in [5, 5.41) is 11.5. The number of imidazole rings is 1. The molecular weight excluding hydrogens is 576 g/mol. The Morgan fingerprint density at radius 1 is 0.974 bits per heavy atom. The minimum atomic E-state index is -0.677. The fraction of sp³-hybridized carbons (Fsp3) is 0.370. The summed E-state index contributed by atoms with van der Waals surface area (Å²) >= 11 is 9.31. The Balaban J connectivity index is 1.18. The maximum Gasteiger partial charge on any atom is 0.434 e. The van der Waals surface area contributed by atoms with Gasteiger partial charge in [-0.15, -0.1) is 0 Å². The van der Waals surface area contributed by atoms with Crippen LogP contribution in [0.3, 0.4) is 0 Å². The van der Waals surface area contributed by atoms with Crippen LogP contribution in [0.25, 0.3) is 0 Å². The van der Waals surface area contributed by atoms with Gasteiger partial charge in [-0.05, 0) is 73.6 Å². The lowest BCUT2D eigenvalue weighted by atomic mass is 9.91. The van der Waals surface area contributed by atoms with E-state index in [2.05, 4.69) is 15.9 Å². The molecule has 5 rings (SSSR count). The van der Waals surface area contributed by atoms with Gasteiger partial charge in [0.15, 0.2) is 0 Å². The number of rotatable bonds is 5. The van der Waals surface area contributed by atoms with Crippen molar-refractivity contribution in [1.29, 1.82) is 0 Å². The quantitative estimate of drug-likeness (QED) is 0.469. The summed E-state index contributed by atoms with van der Waals surface area (Å²) < 4.78 is 2.84. The van der Waals surface area contributed by atoms with Crippen molar-refractivity contribution in [3.05, 3.63) is 85.3 Å². The highest BCUT2D eigenvalue weighted by atomic mass is 79.9. The van der Waals surface area contributed by atoms with Crippen LogP contribution >= 0.6 is 27.5 Å². The van der Waals surface area contributed by atoms with Crippen molar-refractivity contribution < 1.29 is 19.5 Å². The summed E-state index contributed by atoms with van der Waals surface area (Å²) in [6.07, 6.45) is 2.97. The zero-order valence-electron chi connectivity index (χ0n) is 20.7. The number of nitrogens with zero attached hydrogens (tertiary/aromatic N) is 4. The summed E-state index contributed by atoms with van der Waals surface area (Å²) in [4.78, 5) is 47.1. The lowest BCUT2D eigenvalue weighted by Crippen LogP contribution is -2.45. The van der Waals surface area contributed by atoms with E-state index in [4.69, 9.17) is 16.4 Å². The summed E-state index contributed by atoms with van der Waals surface area (Å²) in [5.74, 6) is -0.185. The number of hydrogen-bond donors (Lipinski definition) is 1. The minimum absolute atomic E-state index is 0.0273. The number of fused-ring (bicyclic) bond motifs is 1. The summed E-state index contributed by atoms with van der Waals surface area (Å²) in [6, 6.07) is 14.8. The van der Waals surface area contributed by atoms with Crippen molar-refractivity contribution in [3.63, 3.8) is 0 Å². The van der Waals surface area contributed by atoms with Gasteiger partial charge in [-0.25, -0.2) is 9.59 Å². The molecule has 0 unspecified atom stereocenters. The van der Waals surface area contributed by atoms with E-state index in [0.717, 1.165) is 35.2 Å². The number of carbonyl (C=O) groups excluding carboxylic acids is 2. The van der Waals surface area contributed by atoms with E-state index >= 15 is 0 Å². The first-order valence-corrected chi connectivity index (χ1v) is 13.8. The molecule has 2 aromatic carbocycles. The van der Waals surface area contributed by atoms with Crippen LogP contribution < -0.4 is 10.5 Å². The Morgan fingerprint density at radius 3 is 2.34 bits per heavy atom. The first-order chi connectivity index (χ1) is 18.3. The predicted octanol–water partition coefficient (Wildman–Crippen LogP) is 4.32. The number of aromatic hydroxyl groups is 1. The fourth-order valence-corrected chi connectivity index (χ4v) is 5.40. The van der Waals surface area contributed by atoms with Crippen LogP contribution in [0, 0.1) is 5.92 Å². The zero-order chi connectivity index (χ0) is 26.8. The van der Waals surface area contributed by atoms with Crippen molar-refractivity contribution >= 4 is 39.5 Å². The third-order valence-electron chi connectivity index (χ3n) is 7.29. The molecule has 0 spiro atoms. The van der Waals surface area contributed by atoms with E-state index in [-0.39, 0.29) is 24.7 Å². The van der Waals surface area contributed by atoms with Crippen LogP contribution in [-0.4, -0.2) is 55.8 Å². The first-order valence-electron chi connectivity index (χ1n) is 12.6. The highest BCUT2D eigenvalue weighted by Crippen LogP contribution is 2.25. The number of piperidine rings is 1. The Kier molecular flexibility index (Phi) is 7.80. The maximum atomic E-state index is 12.9. The molecular formula is C27H28BrClN4O5. The number of carbonyl (C=O) groups is 2. The number of likely N-dealkylation sites (tertiary alicyclic amines) is 1. The van der Waals surface area contributed by atoms with Crippen molar-refractivity contribution in [2.45, 2.75) is 38.8 Å². The van der Waals surface area contributed by atoms with Crippen LogP contribution in [0.4, 0.5) is 4.79 Å². The standard InChI is InChI=1S/C27H28BrClN4O5/c28-21-7-5-20(6-8-21)24(34)31-15-16-32-23(17-31)25(35)33(26(32)36)38-27(37)30-13-11-19(12-14-30)2-1-18-3-9-22(29)10-4-18/h3-10,19,35H,1-2,11-17H2. The highest BCUT2D eigenvalue weighted by Gasteiger charge is 2.31. The molecule has 2 aliphatic rings.